The van der Waals surface area contributed by atoms with Crippen LogP contribution < -0.4 is 0 Å². The Kier molecular flexibility index (Phi) is 6.91. The molecule has 0 atom stereocenters. The molecule has 0 saturated heterocycles. The molecule has 2 heterocycles. The molecule has 9 aromatic rings. The minimum absolute atomic E-state index is 0.421. The highest BCUT2D eigenvalue weighted by molar-refractivity contribution is 6.13. The van der Waals surface area contributed by atoms with Gasteiger partial charge in [-0.25, -0.2) is 9.69 Å². The molecule has 6 heteroatoms. The summed E-state index contributed by atoms with van der Waals surface area (Å²) < 4.78 is 4.50. The van der Waals surface area contributed by atoms with Gasteiger partial charge < -0.3 is 9.13 Å². The van der Waals surface area contributed by atoms with Crippen molar-refractivity contribution >= 4 is 55.0 Å². The van der Waals surface area contributed by atoms with Gasteiger partial charge in [0.05, 0.1) is 58.5 Å². The lowest BCUT2D eigenvalue weighted by atomic mass is 9.94. The Morgan fingerprint density at radius 3 is 1.60 bits per heavy atom. The monoisotopic (exact) mass is 660 g/mol. The van der Waals surface area contributed by atoms with Crippen molar-refractivity contribution in [3.8, 4) is 45.8 Å². The Morgan fingerprint density at radius 2 is 0.962 bits per heavy atom. The third kappa shape index (κ3) is 4.47. The second-order valence-corrected chi connectivity index (χ2v) is 12.5. The van der Waals surface area contributed by atoms with Crippen molar-refractivity contribution in [3.63, 3.8) is 0 Å². The van der Waals surface area contributed by atoms with Gasteiger partial charge in [0.15, 0.2) is 11.4 Å². The van der Waals surface area contributed by atoms with E-state index in [9.17, 15) is 10.5 Å². The molecule has 2 aromatic heterocycles. The van der Waals surface area contributed by atoms with Crippen LogP contribution in [0.4, 0.5) is 11.4 Å². The first-order chi connectivity index (χ1) is 25.6. The van der Waals surface area contributed by atoms with Crippen molar-refractivity contribution < 1.29 is 0 Å². The fraction of sp³-hybridized carbons (Fsp3) is 0. The fourth-order valence-corrected chi connectivity index (χ4v) is 7.62. The summed E-state index contributed by atoms with van der Waals surface area (Å²) in [6, 6.07) is 52.5. The second-order valence-electron chi connectivity index (χ2n) is 12.5. The van der Waals surface area contributed by atoms with E-state index < -0.39 is 0 Å². The van der Waals surface area contributed by atoms with E-state index in [1.807, 2.05) is 30.3 Å². The van der Waals surface area contributed by atoms with Crippen LogP contribution in [0.5, 0.6) is 0 Å². The van der Waals surface area contributed by atoms with E-state index in [1.54, 1.807) is 36.4 Å². The van der Waals surface area contributed by atoms with Crippen LogP contribution >= 0.6 is 0 Å². The summed E-state index contributed by atoms with van der Waals surface area (Å²) in [4.78, 5) is 7.54. The molecule has 6 nitrogen and oxygen atoms in total. The number of fused-ring (bicyclic) bond motifs is 6. The Hall–Kier alpha value is -7.90. The van der Waals surface area contributed by atoms with E-state index in [2.05, 4.69) is 110 Å². The van der Waals surface area contributed by atoms with Crippen LogP contribution in [-0.4, -0.2) is 9.13 Å². The summed E-state index contributed by atoms with van der Waals surface area (Å²) in [5.74, 6) is 0. The van der Waals surface area contributed by atoms with Gasteiger partial charge in [0.1, 0.15) is 0 Å². The van der Waals surface area contributed by atoms with Crippen LogP contribution in [-0.2, 0) is 0 Å². The van der Waals surface area contributed by atoms with Gasteiger partial charge >= 0.3 is 0 Å². The van der Waals surface area contributed by atoms with Gasteiger partial charge in [-0.3, -0.25) is 0 Å². The van der Waals surface area contributed by atoms with Crippen molar-refractivity contribution in [3.05, 3.63) is 180 Å². The Balaban J connectivity index is 1.39. The molecule has 0 bridgehead atoms. The largest absolute Gasteiger partial charge is 0.309 e. The zero-order valence-electron chi connectivity index (χ0n) is 27.5. The summed E-state index contributed by atoms with van der Waals surface area (Å²) in [6.07, 6.45) is 0. The maximum absolute atomic E-state index is 10.0. The topological polar surface area (TPSA) is 66.2 Å². The van der Waals surface area contributed by atoms with Crippen LogP contribution in [0.25, 0.3) is 86.9 Å². The van der Waals surface area contributed by atoms with Crippen molar-refractivity contribution in [2.75, 3.05) is 0 Å². The first kappa shape index (κ1) is 30.2. The highest BCUT2D eigenvalue weighted by Gasteiger charge is 2.20. The molecule has 238 valence electrons. The van der Waals surface area contributed by atoms with Crippen LogP contribution in [0.1, 0.15) is 11.1 Å². The lowest BCUT2D eigenvalue weighted by Gasteiger charge is -2.13. The van der Waals surface area contributed by atoms with Gasteiger partial charge in [-0.1, -0.05) is 84.9 Å². The zero-order valence-corrected chi connectivity index (χ0v) is 27.5. The van der Waals surface area contributed by atoms with E-state index >= 15 is 0 Å². The summed E-state index contributed by atoms with van der Waals surface area (Å²) in [5, 5.41) is 24.3. The van der Waals surface area contributed by atoms with Gasteiger partial charge in [-0.15, -0.1) is 0 Å². The Labute approximate surface area is 299 Å². The molecule has 0 radical (unpaired) electrons. The molecule has 0 amide bonds. The molecule has 7 aromatic carbocycles. The van der Waals surface area contributed by atoms with Gasteiger partial charge in [-0.05, 0) is 77.4 Å². The molecule has 0 aliphatic heterocycles. The summed E-state index contributed by atoms with van der Waals surface area (Å²) in [5.41, 5.74) is 10.4. The second kappa shape index (κ2) is 11.9. The highest BCUT2D eigenvalue weighted by atomic mass is 15.0. The lowest BCUT2D eigenvalue weighted by Crippen LogP contribution is -1.96. The van der Waals surface area contributed by atoms with E-state index in [0.717, 1.165) is 66.1 Å². The quantitative estimate of drug-likeness (QED) is 0.176. The molecule has 0 saturated carbocycles. The van der Waals surface area contributed by atoms with Crippen molar-refractivity contribution in [2.24, 2.45) is 0 Å². The van der Waals surface area contributed by atoms with Crippen molar-refractivity contribution in [1.82, 2.24) is 9.13 Å². The molecule has 0 aliphatic carbocycles. The Bertz CT molecular complexity index is 2920. The minimum atomic E-state index is 0.421. The van der Waals surface area contributed by atoms with E-state index in [4.69, 9.17) is 13.1 Å². The maximum Gasteiger partial charge on any atom is 0.184 e. The van der Waals surface area contributed by atoms with Gasteiger partial charge in [0.25, 0.3) is 0 Å². The number of hydrogen-bond acceptors (Lipinski definition) is 2. The standard InChI is InChI=1S/C46H24N6/c1-49-39-15-9-16-40(50-2)46(39)30-19-22-37-36-21-18-29(45-31(27-47)10-8-11-32(45)28-48)24-43(36)52(44(37)25-30)34-20-23-42-38(26-34)35-14-6-7-17-41(35)51(42)33-12-4-3-5-13-33/h3-26H. The van der Waals surface area contributed by atoms with Crippen LogP contribution in [0.3, 0.4) is 0 Å². The van der Waals surface area contributed by atoms with Crippen LogP contribution in [0.2, 0.25) is 0 Å². The predicted molar refractivity (Wildman–Crippen MR) is 208 cm³/mol. The number of para-hydroxylation sites is 2. The molecule has 0 unspecified atom stereocenters. The minimum Gasteiger partial charge on any atom is -0.309 e. The molecule has 0 fully saturated rings. The van der Waals surface area contributed by atoms with E-state index in [1.165, 1.54) is 0 Å². The normalized spacial score (nSPS) is 11.0. The SMILES string of the molecule is [C-]#[N+]c1cccc([N+]#[C-])c1-c1ccc2c3ccc(-c4c(C#N)cccc4C#N)cc3n(-c3ccc4c(c3)c3ccccc3n4-c3ccccc3)c2c1. The molecule has 52 heavy (non-hydrogen) atoms. The third-order valence-electron chi connectivity index (χ3n) is 9.84. The first-order valence-electron chi connectivity index (χ1n) is 16.6. The number of aromatic nitrogens is 2. The highest BCUT2D eigenvalue weighted by Crippen LogP contribution is 2.43. The molecule has 0 aliphatic rings. The zero-order chi connectivity index (χ0) is 35.3. The maximum atomic E-state index is 10.0. The van der Waals surface area contributed by atoms with Crippen molar-refractivity contribution in [2.45, 2.75) is 0 Å². The molecular weight excluding hydrogens is 637 g/mol. The summed E-state index contributed by atoms with van der Waals surface area (Å²) >= 11 is 0. The lowest BCUT2D eigenvalue weighted by molar-refractivity contribution is 1.17. The Morgan fingerprint density at radius 1 is 0.423 bits per heavy atom. The average Bonchev–Trinajstić information content (AvgIpc) is 3.71. The van der Waals surface area contributed by atoms with E-state index in [-0.39, 0.29) is 0 Å². The molecule has 9 rings (SSSR count). The summed E-state index contributed by atoms with van der Waals surface area (Å²) in [6.45, 7) is 15.8. The van der Waals surface area contributed by atoms with Crippen LogP contribution in [0.15, 0.2) is 146 Å². The molecule has 0 N–H and O–H groups in total. The number of hydrogen-bond donors (Lipinski definition) is 0. The van der Waals surface area contributed by atoms with Crippen LogP contribution in [0, 0.1) is 35.8 Å². The number of nitriles is 2. The fourth-order valence-electron chi connectivity index (χ4n) is 7.62. The first-order valence-corrected chi connectivity index (χ1v) is 16.6. The number of nitrogens with zero attached hydrogens (tertiary/aromatic N) is 6. The summed E-state index contributed by atoms with van der Waals surface area (Å²) in [7, 11) is 0. The molecule has 0 spiro atoms. The van der Waals surface area contributed by atoms with Gasteiger partial charge in [-0.2, -0.15) is 10.5 Å². The van der Waals surface area contributed by atoms with Gasteiger partial charge in [0, 0.05) is 38.5 Å². The van der Waals surface area contributed by atoms with Gasteiger partial charge in [0.2, 0.25) is 0 Å². The average molecular weight is 661 g/mol. The number of benzene rings is 7. The smallest absolute Gasteiger partial charge is 0.184 e. The number of rotatable bonds is 4. The van der Waals surface area contributed by atoms with Crippen molar-refractivity contribution in [1.29, 1.82) is 10.5 Å². The molecular formula is C46H24N6. The third-order valence-corrected chi connectivity index (χ3v) is 9.84. The van der Waals surface area contributed by atoms with E-state index in [0.29, 0.717) is 33.6 Å². The predicted octanol–water partition coefficient (Wildman–Crippen LogP) is 12.1.